The first-order valence-corrected chi connectivity index (χ1v) is 11.0. The number of benzene rings is 2. The second-order valence-electron chi connectivity index (χ2n) is 8.05. The highest BCUT2D eigenvalue weighted by molar-refractivity contribution is 5.80. The largest absolute Gasteiger partial charge is 0.454 e. The summed E-state index contributed by atoms with van der Waals surface area (Å²) in [7, 11) is 1.82. The van der Waals surface area contributed by atoms with Crippen LogP contribution in [0.4, 0.5) is 4.39 Å². The van der Waals surface area contributed by atoms with Gasteiger partial charge >= 0.3 is 0 Å². The van der Waals surface area contributed by atoms with E-state index in [0.717, 1.165) is 57.5 Å². The molecule has 0 amide bonds. The molecular weight excluding hydrogens is 395 g/mol. The van der Waals surface area contributed by atoms with Crippen molar-refractivity contribution in [3.05, 3.63) is 59.9 Å². The molecule has 0 aliphatic carbocycles. The minimum Gasteiger partial charge on any atom is -0.454 e. The normalized spacial score (nSPS) is 20.1. The number of halogens is 1. The number of para-hydroxylation sites is 2. The maximum Gasteiger partial charge on any atom is 0.193 e. The van der Waals surface area contributed by atoms with Crippen molar-refractivity contribution in [2.45, 2.75) is 13.0 Å². The number of aliphatic imine (C=N–C) groups is 1. The van der Waals surface area contributed by atoms with Crippen molar-refractivity contribution in [2.75, 3.05) is 53.0 Å². The Labute approximate surface area is 183 Å². The van der Waals surface area contributed by atoms with E-state index in [1.807, 2.05) is 31.3 Å². The standard InChI is InChI=1S/C24H31FN4O2/c1-26-24(29-11-10-19(18-29)17-28-12-14-30-15-13-28)27-16-20-6-2-4-8-22(20)31-23-9-5-3-7-21(23)25/h2-9,19H,10-18H2,1H3,(H,26,27). The van der Waals surface area contributed by atoms with E-state index < -0.39 is 0 Å². The minimum atomic E-state index is -0.371. The first-order valence-electron chi connectivity index (χ1n) is 11.0. The molecule has 2 aromatic rings. The second kappa shape index (κ2) is 10.6. The maximum atomic E-state index is 14.0. The van der Waals surface area contributed by atoms with Crippen LogP contribution in [0.15, 0.2) is 53.5 Å². The van der Waals surface area contributed by atoms with E-state index in [1.165, 1.54) is 12.5 Å². The number of rotatable bonds is 6. The van der Waals surface area contributed by atoms with Crippen LogP contribution in [0, 0.1) is 11.7 Å². The van der Waals surface area contributed by atoms with Crippen molar-refractivity contribution < 1.29 is 13.9 Å². The Balaban J connectivity index is 1.33. The summed E-state index contributed by atoms with van der Waals surface area (Å²) in [6.07, 6.45) is 1.17. The Morgan fingerprint density at radius 3 is 2.61 bits per heavy atom. The molecule has 4 rings (SSSR count). The van der Waals surface area contributed by atoms with Crippen LogP contribution in [0.3, 0.4) is 0 Å². The summed E-state index contributed by atoms with van der Waals surface area (Å²) in [5, 5.41) is 3.46. The Morgan fingerprint density at radius 1 is 1.10 bits per heavy atom. The molecular formula is C24H31FN4O2. The van der Waals surface area contributed by atoms with Crippen molar-refractivity contribution in [2.24, 2.45) is 10.9 Å². The highest BCUT2D eigenvalue weighted by Gasteiger charge is 2.27. The average molecular weight is 427 g/mol. The van der Waals surface area contributed by atoms with Crippen molar-refractivity contribution >= 4 is 5.96 Å². The van der Waals surface area contributed by atoms with Gasteiger partial charge in [-0.1, -0.05) is 30.3 Å². The van der Waals surface area contributed by atoms with Crippen LogP contribution >= 0.6 is 0 Å². The van der Waals surface area contributed by atoms with E-state index in [-0.39, 0.29) is 11.6 Å². The number of morpholine rings is 1. The summed E-state index contributed by atoms with van der Waals surface area (Å²) in [6, 6.07) is 14.2. The van der Waals surface area contributed by atoms with Gasteiger partial charge in [-0.25, -0.2) is 4.39 Å². The topological polar surface area (TPSA) is 49.3 Å². The van der Waals surface area contributed by atoms with Gasteiger partial charge in [-0.05, 0) is 30.5 Å². The Morgan fingerprint density at radius 2 is 1.84 bits per heavy atom. The van der Waals surface area contributed by atoms with Gasteiger partial charge < -0.3 is 19.7 Å². The van der Waals surface area contributed by atoms with Gasteiger partial charge in [-0.15, -0.1) is 0 Å². The minimum absolute atomic E-state index is 0.227. The molecule has 166 valence electrons. The molecule has 2 aliphatic rings. The van der Waals surface area contributed by atoms with Crippen molar-refractivity contribution in [1.82, 2.24) is 15.1 Å². The molecule has 6 nitrogen and oxygen atoms in total. The van der Waals surface area contributed by atoms with Crippen molar-refractivity contribution in [1.29, 1.82) is 0 Å². The van der Waals surface area contributed by atoms with Crippen LogP contribution in [0.1, 0.15) is 12.0 Å². The maximum absolute atomic E-state index is 14.0. The zero-order valence-corrected chi connectivity index (χ0v) is 18.1. The van der Waals surface area contributed by atoms with Crippen LogP contribution in [0.25, 0.3) is 0 Å². The first kappa shape index (κ1) is 21.6. The van der Waals surface area contributed by atoms with Gasteiger partial charge in [0, 0.05) is 51.9 Å². The van der Waals surface area contributed by atoms with Gasteiger partial charge in [0.15, 0.2) is 17.5 Å². The zero-order valence-electron chi connectivity index (χ0n) is 18.1. The smallest absolute Gasteiger partial charge is 0.193 e. The van der Waals surface area contributed by atoms with E-state index in [2.05, 4.69) is 20.1 Å². The molecule has 31 heavy (non-hydrogen) atoms. The number of ether oxygens (including phenoxy) is 2. The third-order valence-corrected chi connectivity index (χ3v) is 5.88. The molecule has 0 bridgehead atoms. The van der Waals surface area contributed by atoms with E-state index in [0.29, 0.717) is 18.2 Å². The third kappa shape index (κ3) is 5.74. The first-order chi connectivity index (χ1) is 15.2. The molecule has 2 fully saturated rings. The number of guanidine groups is 1. The van der Waals surface area contributed by atoms with Gasteiger partial charge in [0.25, 0.3) is 0 Å². The van der Waals surface area contributed by atoms with Crippen LogP contribution in [0.5, 0.6) is 11.5 Å². The van der Waals surface area contributed by atoms with E-state index in [1.54, 1.807) is 18.2 Å². The summed E-state index contributed by atoms with van der Waals surface area (Å²) >= 11 is 0. The summed E-state index contributed by atoms with van der Waals surface area (Å²) < 4.78 is 25.3. The lowest BCUT2D eigenvalue weighted by Crippen LogP contribution is -2.42. The fraction of sp³-hybridized carbons (Fsp3) is 0.458. The number of likely N-dealkylation sites (tertiary alicyclic amines) is 1. The summed E-state index contributed by atoms with van der Waals surface area (Å²) in [4.78, 5) is 9.32. The summed E-state index contributed by atoms with van der Waals surface area (Å²) in [5.74, 6) is 2.04. The predicted molar refractivity (Wildman–Crippen MR) is 120 cm³/mol. The SMILES string of the molecule is CN=C(NCc1ccccc1Oc1ccccc1F)N1CCC(CN2CCOCC2)C1. The molecule has 1 unspecified atom stereocenters. The Hall–Kier alpha value is -2.64. The van der Waals surface area contributed by atoms with E-state index in [4.69, 9.17) is 9.47 Å². The molecule has 7 heteroatoms. The van der Waals surface area contributed by atoms with Crippen molar-refractivity contribution in [3.63, 3.8) is 0 Å². The highest BCUT2D eigenvalue weighted by Crippen LogP contribution is 2.27. The van der Waals surface area contributed by atoms with Crippen molar-refractivity contribution in [3.8, 4) is 11.5 Å². The molecule has 0 spiro atoms. The quantitative estimate of drug-likeness (QED) is 0.567. The lowest BCUT2D eigenvalue weighted by Gasteiger charge is -2.29. The lowest BCUT2D eigenvalue weighted by molar-refractivity contribution is 0.0315. The molecule has 1 N–H and O–H groups in total. The lowest BCUT2D eigenvalue weighted by atomic mass is 10.1. The van der Waals surface area contributed by atoms with E-state index in [9.17, 15) is 4.39 Å². The molecule has 2 saturated heterocycles. The van der Waals surface area contributed by atoms with Gasteiger partial charge in [-0.2, -0.15) is 0 Å². The molecule has 0 radical (unpaired) electrons. The summed E-state index contributed by atoms with van der Waals surface area (Å²) in [5.41, 5.74) is 0.955. The molecule has 0 saturated carbocycles. The molecule has 0 aromatic heterocycles. The second-order valence-corrected chi connectivity index (χ2v) is 8.05. The monoisotopic (exact) mass is 426 g/mol. The van der Waals surface area contributed by atoms with Crippen LogP contribution in [0.2, 0.25) is 0 Å². The Kier molecular flexibility index (Phi) is 7.38. The van der Waals surface area contributed by atoms with Gasteiger partial charge in [0.2, 0.25) is 0 Å². The number of nitrogens with zero attached hydrogens (tertiary/aromatic N) is 3. The molecule has 1 atom stereocenters. The zero-order chi connectivity index (χ0) is 21.5. The number of nitrogens with one attached hydrogen (secondary N) is 1. The van der Waals surface area contributed by atoms with Crippen LogP contribution in [-0.2, 0) is 11.3 Å². The number of hydrogen-bond acceptors (Lipinski definition) is 4. The third-order valence-electron chi connectivity index (χ3n) is 5.88. The molecule has 2 heterocycles. The van der Waals surface area contributed by atoms with Gasteiger partial charge in [0.1, 0.15) is 5.75 Å². The van der Waals surface area contributed by atoms with Crippen LogP contribution < -0.4 is 10.1 Å². The molecule has 2 aliphatic heterocycles. The van der Waals surface area contributed by atoms with E-state index >= 15 is 0 Å². The predicted octanol–water partition coefficient (Wildman–Crippen LogP) is 3.35. The summed E-state index contributed by atoms with van der Waals surface area (Å²) in [6.45, 7) is 7.43. The highest BCUT2D eigenvalue weighted by atomic mass is 19.1. The van der Waals surface area contributed by atoms with Crippen LogP contribution in [-0.4, -0.2) is 68.7 Å². The Bertz CT molecular complexity index is 885. The fourth-order valence-corrected chi connectivity index (χ4v) is 4.22. The van der Waals surface area contributed by atoms with Gasteiger partial charge in [0.05, 0.1) is 13.2 Å². The fourth-order valence-electron chi connectivity index (χ4n) is 4.22. The van der Waals surface area contributed by atoms with Gasteiger partial charge in [-0.3, -0.25) is 9.89 Å². The average Bonchev–Trinajstić information content (AvgIpc) is 3.25. The number of hydrogen-bond donors (Lipinski definition) is 1. The molecule has 2 aromatic carbocycles.